The number of nitrogens with two attached hydrogens (primary N) is 1. The van der Waals surface area contributed by atoms with Gasteiger partial charge in [0.05, 0.1) is 0 Å². The van der Waals surface area contributed by atoms with Crippen LogP contribution >= 0.6 is 0 Å². The molecule has 0 saturated carbocycles. The molecule has 1 aromatic carbocycles. The van der Waals surface area contributed by atoms with Gasteiger partial charge in [-0.2, -0.15) is 0 Å². The summed E-state index contributed by atoms with van der Waals surface area (Å²) in [6, 6.07) is 0. The molecule has 0 heterocycles. The van der Waals surface area contributed by atoms with E-state index in [2.05, 4.69) is 0 Å². The molecule has 0 radical (unpaired) electrons. The third-order valence-corrected chi connectivity index (χ3v) is 1.79. The molecule has 1 aromatic rings. The number of hydrogen-bond donors (Lipinski definition) is 1. The molecule has 1 nitrogen and oxygen atoms in total. The van der Waals surface area contributed by atoms with E-state index >= 15 is 0 Å². The van der Waals surface area contributed by atoms with Crippen LogP contribution in [-0.2, 0) is 0 Å². The van der Waals surface area contributed by atoms with E-state index in [9.17, 15) is 13.2 Å². The van der Waals surface area contributed by atoms with Crippen LogP contribution in [0.3, 0.4) is 0 Å². The van der Waals surface area contributed by atoms with E-state index in [1.54, 1.807) is 0 Å². The highest BCUT2D eigenvalue weighted by Gasteiger charge is 2.17. The molecule has 0 aliphatic heterocycles. The summed E-state index contributed by atoms with van der Waals surface area (Å²) in [7, 11) is 0. The van der Waals surface area contributed by atoms with Crippen molar-refractivity contribution in [3.8, 4) is 0 Å². The summed E-state index contributed by atoms with van der Waals surface area (Å²) < 4.78 is 38.6. The summed E-state index contributed by atoms with van der Waals surface area (Å²) in [5.74, 6) is -2.91. The second kappa shape index (κ2) is 2.69. The van der Waals surface area contributed by atoms with Gasteiger partial charge in [-0.25, -0.2) is 13.2 Å². The average Bonchev–Trinajstić information content (AvgIpc) is 2.08. The summed E-state index contributed by atoms with van der Waals surface area (Å²) >= 11 is 0. The molecule has 0 unspecified atom stereocenters. The molecule has 66 valence electrons. The zero-order valence-electron chi connectivity index (χ0n) is 6.71. The van der Waals surface area contributed by atoms with E-state index in [4.69, 9.17) is 5.73 Å². The van der Waals surface area contributed by atoms with Gasteiger partial charge in [0.15, 0.2) is 11.6 Å². The molecule has 0 aliphatic rings. The van der Waals surface area contributed by atoms with Crippen LogP contribution in [0.15, 0.2) is 0 Å². The normalized spacial score (nSPS) is 10.4. The predicted molar refractivity (Wildman–Crippen MR) is 40.2 cm³/mol. The number of halogens is 3. The van der Waals surface area contributed by atoms with Crippen molar-refractivity contribution in [3.05, 3.63) is 28.6 Å². The van der Waals surface area contributed by atoms with Crippen molar-refractivity contribution in [2.45, 2.75) is 13.8 Å². The Morgan fingerprint density at radius 3 is 1.50 bits per heavy atom. The van der Waals surface area contributed by atoms with Gasteiger partial charge in [0.1, 0.15) is 11.5 Å². The monoisotopic (exact) mass is 175 g/mol. The quantitative estimate of drug-likeness (QED) is 0.601. The third-order valence-electron chi connectivity index (χ3n) is 1.79. The molecule has 0 spiro atoms. The van der Waals surface area contributed by atoms with Crippen molar-refractivity contribution in [3.63, 3.8) is 0 Å². The van der Waals surface area contributed by atoms with Crippen LogP contribution in [-0.4, -0.2) is 0 Å². The van der Waals surface area contributed by atoms with Crippen molar-refractivity contribution < 1.29 is 13.2 Å². The lowest BCUT2D eigenvalue weighted by molar-refractivity contribution is 0.528. The SMILES string of the molecule is Cc1c(F)c(C)c(F)c(N)c1F. The Kier molecular flexibility index (Phi) is 2.00. The molecule has 0 amide bonds. The number of rotatable bonds is 0. The summed E-state index contributed by atoms with van der Waals surface area (Å²) in [6.07, 6.45) is 0. The van der Waals surface area contributed by atoms with E-state index in [-0.39, 0.29) is 11.1 Å². The minimum Gasteiger partial charge on any atom is -0.394 e. The lowest BCUT2D eigenvalue weighted by Gasteiger charge is -2.07. The fourth-order valence-electron chi connectivity index (χ4n) is 0.974. The molecule has 0 bridgehead atoms. The fourth-order valence-corrected chi connectivity index (χ4v) is 0.974. The largest absolute Gasteiger partial charge is 0.394 e. The highest BCUT2D eigenvalue weighted by Crippen LogP contribution is 2.25. The minimum atomic E-state index is -1.02. The van der Waals surface area contributed by atoms with Gasteiger partial charge >= 0.3 is 0 Å². The molecule has 1 rings (SSSR count). The first-order valence-corrected chi connectivity index (χ1v) is 3.36. The molecule has 12 heavy (non-hydrogen) atoms. The van der Waals surface area contributed by atoms with Crippen molar-refractivity contribution in [1.82, 2.24) is 0 Å². The average molecular weight is 175 g/mol. The van der Waals surface area contributed by atoms with Crippen LogP contribution in [0, 0.1) is 31.3 Å². The second-order valence-electron chi connectivity index (χ2n) is 2.61. The Morgan fingerprint density at radius 1 is 0.833 bits per heavy atom. The zero-order valence-corrected chi connectivity index (χ0v) is 6.71. The van der Waals surface area contributed by atoms with Gasteiger partial charge in [-0.15, -0.1) is 0 Å². The number of benzene rings is 1. The summed E-state index contributed by atoms with van der Waals surface area (Å²) in [6.45, 7) is 2.43. The van der Waals surface area contributed by atoms with Crippen molar-refractivity contribution in [2.24, 2.45) is 0 Å². The Balaban J connectivity index is 3.60. The van der Waals surface area contributed by atoms with Gasteiger partial charge in [-0.1, -0.05) is 0 Å². The van der Waals surface area contributed by atoms with Crippen LogP contribution < -0.4 is 5.73 Å². The molecule has 0 fully saturated rings. The van der Waals surface area contributed by atoms with E-state index in [1.807, 2.05) is 0 Å². The summed E-state index contributed by atoms with van der Waals surface area (Å²) in [4.78, 5) is 0. The van der Waals surface area contributed by atoms with Crippen LogP contribution in [0.5, 0.6) is 0 Å². The Labute approximate surface area is 68.0 Å². The van der Waals surface area contributed by atoms with Crippen LogP contribution in [0.25, 0.3) is 0 Å². The van der Waals surface area contributed by atoms with Crippen molar-refractivity contribution in [2.75, 3.05) is 5.73 Å². The number of hydrogen-bond acceptors (Lipinski definition) is 1. The van der Waals surface area contributed by atoms with E-state index in [1.165, 1.54) is 13.8 Å². The molecule has 0 atom stereocenters. The van der Waals surface area contributed by atoms with Crippen LogP contribution in [0.2, 0.25) is 0 Å². The maximum atomic E-state index is 12.9. The maximum absolute atomic E-state index is 12.9. The predicted octanol–water partition coefficient (Wildman–Crippen LogP) is 2.30. The molecular formula is C8H8F3N. The first kappa shape index (κ1) is 8.90. The summed E-state index contributed by atoms with van der Waals surface area (Å²) in [5.41, 5.74) is 3.93. The van der Waals surface area contributed by atoms with Crippen LogP contribution in [0.1, 0.15) is 11.1 Å². The highest BCUT2D eigenvalue weighted by molar-refractivity contribution is 5.48. The number of nitrogen functional groups attached to an aromatic ring is 1. The van der Waals surface area contributed by atoms with E-state index < -0.39 is 23.1 Å². The molecule has 2 N–H and O–H groups in total. The van der Waals surface area contributed by atoms with Gasteiger partial charge in [-0.05, 0) is 13.8 Å². The Hall–Kier alpha value is -1.19. The summed E-state index contributed by atoms with van der Waals surface area (Å²) in [5, 5.41) is 0. The Morgan fingerprint density at radius 2 is 1.17 bits per heavy atom. The molecule has 4 heteroatoms. The Bertz CT molecular complexity index is 229. The number of anilines is 1. The molecular weight excluding hydrogens is 167 g/mol. The first-order chi connectivity index (χ1) is 5.46. The van der Waals surface area contributed by atoms with Gasteiger partial charge in [0.25, 0.3) is 0 Å². The lowest BCUT2D eigenvalue weighted by Crippen LogP contribution is -2.04. The highest BCUT2D eigenvalue weighted by atomic mass is 19.1. The standard InChI is InChI=1S/C8H8F3N/c1-3-5(9)4(2)7(11)8(12)6(3)10/h12H2,1-2H3. The lowest BCUT2D eigenvalue weighted by atomic mass is 10.1. The zero-order chi connectivity index (χ0) is 9.46. The van der Waals surface area contributed by atoms with Gasteiger partial charge in [0.2, 0.25) is 0 Å². The van der Waals surface area contributed by atoms with Gasteiger partial charge in [-0.3, -0.25) is 0 Å². The van der Waals surface area contributed by atoms with Crippen LogP contribution in [0.4, 0.5) is 18.9 Å². The minimum absolute atomic E-state index is 0.244. The first-order valence-electron chi connectivity index (χ1n) is 3.36. The van der Waals surface area contributed by atoms with Crippen molar-refractivity contribution >= 4 is 5.69 Å². The van der Waals surface area contributed by atoms with E-state index in [0.717, 1.165) is 0 Å². The third kappa shape index (κ3) is 1.03. The topological polar surface area (TPSA) is 26.0 Å². The van der Waals surface area contributed by atoms with E-state index in [0.29, 0.717) is 0 Å². The van der Waals surface area contributed by atoms with Gasteiger partial charge in [0, 0.05) is 11.1 Å². The van der Waals surface area contributed by atoms with Gasteiger partial charge < -0.3 is 5.73 Å². The fraction of sp³-hybridized carbons (Fsp3) is 0.250. The molecule has 0 aliphatic carbocycles. The smallest absolute Gasteiger partial charge is 0.154 e. The maximum Gasteiger partial charge on any atom is 0.154 e. The molecule has 0 saturated heterocycles. The second-order valence-corrected chi connectivity index (χ2v) is 2.61. The molecule has 0 aromatic heterocycles. The van der Waals surface area contributed by atoms with Crippen molar-refractivity contribution in [1.29, 1.82) is 0 Å².